The molecule has 8 heteroatoms. The maximum Gasteiger partial charge on any atom is 0.188 e. The van der Waals surface area contributed by atoms with Gasteiger partial charge in [-0.25, -0.2) is 0 Å². The van der Waals surface area contributed by atoms with Crippen molar-refractivity contribution in [3.8, 4) is 17.2 Å². The van der Waals surface area contributed by atoms with Crippen LogP contribution in [0.4, 0.5) is 0 Å². The Morgan fingerprint density at radius 3 is 2.25 bits per heavy atom. The van der Waals surface area contributed by atoms with E-state index in [-0.39, 0.29) is 0 Å². The molecule has 0 radical (unpaired) electrons. The highest BCUT2D eigenvalue weighted by atomic mass is 16.5. The summed E-state index contributed by atoms with van der Waals surface area (Å²) in [4.78, 5) is 0. The zero-order chi connectivity index (χ0) is 14.4. The Labute approximate surface area is 116 Å². The van der Waals surface area contributed by atoms with Crippen molar-refractivity contribution < 1.29 is 14.2 Å². The molecule has 0 saturated carbocycles. The van der Waals surface area contributed by atoms with Gasteiger partial charge in [-0.15, -0.1) is 10.2 Å². The van der Waals surface area contributed by atoms with Crippen molar-refractivity contribution in [3.05, 3.63) is 23.5 Å². The molecule has 0 aliphatic carbocycles. The molecule has 0 fully saturated rings. The van der Waals surface area contributed by atoms with Gasteiger partial charge in [-0.2, -0.15) is 5.21 Å². The number of ether oxygens (including phenoxy) is 3. The zero-order valence-electron chi connectivity index (χ0n) is 11.6. The molecule has 1 aromatic carbocycles. The van der Waals surface area contributed by atoms with E-state index in [1.807, 2.05) is 12.1 Å². The van der Waals surface area contributed by atoms with Crippen molar-refractivity contribution in [1.29, 1.82) is 0 Å². The summed E-state index contributed by atoms with van der Waals surface area (Å²) < 4.78 is 15.9. The van der Waals surface area contributed by atoms with E-state index in [4.69, 9.17) is 14.2 Å². The minimum atomic E-state index is 0.495. The van der Waals surface area contributed by atoms with Gasteiger partial charge in [0.25, 0.3) is 0 Å². The van der Waals surface area contributed by atoms with Crippen LogP contribution in [0, 0.1) is 0 Å². The molecular weight excluding hydrogens is 262 g/mol. The Morgan fingerprint density at radius 2 is 1.75 bits per heavy atom. The summed E-state index contributed by atoms with van der Waals surface area (Å²) in [6, 6.07) is 3.63. The summed E-state index contributed by atoms with van der Waals surface area (Å²) in [6.45, 7) is 1.04. The van der Waals surface area contributed by atoms with Gasteiger partial charge in [-0.05, 0) is 0 Å². The van der Waals surface area contributed by atoms with E-state index >= 15 is 0 Å². The SMILES string of the molecule is COc1cc(OC)c(CNCc2nn[nH]n2)c(OC)c1. The molecular formula is C12H17N5O3. The molecule has 8 nitrogen and oxygen atoms in total. The Morgan fingerprint density at radius 1 is 1.05 bits per heavy atom. The maximum absolute atomic E-state index is 5.37. The molecule has 2 aromatic rings. The minimum Gasteiger partial charge on any atom is -0.496 e. The summed E-state index contributed by atoms with van der Waals surface area (Å²) in [5.74, 6) is 2.67. The van der Waals surface area contributed by atoms with Crippen LogP contribution in [-0.2, 0) is 13.1 Å². The second-order valence-electron chi connectivity index (χ2n) is 3.94. The van der Waals surface area contributed by atoms with Crippen LogP contribution in [0.25, 0.3) is 0 Å². The number of nitrogens with zero attached hydrogens (tertiary/aromatic N) is 3. The second-order valence-corrected chi connectivity index (χ2v) is 3.94. The molecule has 0 aliphatic rings. The Hall–Kier alpha value is -2.35. The summed E-state index contributed by atoms with van der Waals surface area (Å²) in [7, 11) is 4.82. The van der Waals surface area contributed by atoms with Gasteiger partial charge in [0, 0.05) is 18.7 Å². The Kier molecular flexibility index (Phi) is 4.72. The number of benzene rings is 1. The van der Waals surface area contributed by atoms with Crippen LogP contribution >= 0.6 is 0 Å². The van der Waals surface area contributed by atoms with Crippen LogP contribution in [0.2, 0.25) is 0 Å². The first-order valence-electron chi connectivity index (χ1n) is 6.00. The highest BCUT2D eigenvalue weighted by Gasteiger charge is 2.13. The van der Waals surface area contributed by atoms with Crippen LogP contribution in [0.3, 0.4) is 0 Å². The molecule has 0 saturated heterocycles. The number of methoxy groups -OCH3 is 3. The molecule has 0 spiro atoms. The third-order valence-corrected chi connectivity index (χ3v) is 2.79. The van der Waals surface area contributed by atoms with Gasteiger partial charge in [-0.3, -0.25) is 0 Å². The molecule has 0 bridgehead atoms. The van der Waals surface area contributed by atoms with Gasteiger partial charge in [-0.1, -0.05) is 5.21 Å². The summed E-state index contributed by atoms with van der Waals surface area (Å²) in [5.41, 5.74) is 0.902. The predicted molar refractivity (Wildman–Crippen MR) is 70.8 cm³/mol. The maximum atomic E-state index is 5.37. The summed E-state index contributed by atoms with van der Waals surface area (Å²) >= 11 is 0. The van der Waals surface area contributed by atoms with Gasteiger partial charge in [0.2, 0.25) is 0 Å². The normalized spacial score (nSPS) is 10.3. The van der Waals surface area contributed by atoms with Gasteiger partial charge < -0.3 is 19.5 Å². The van der Waals surface area contributed by atoms with Crippen molar-refractivity contribution in [2.45, 2.75) is 13.1 Å². The van der Waals surface area contributed by atoms with E-state index in [1.165, 1.54) is 0 Å². The van der Waals surface area contributed by atoms with Crippen molar-refractivity contribution in [1.82, 2.24) is 25.9 Å². The molecule has 0 unspecified atom stereocenters. The lowest BCUT2D eigenvalue weighted by Gasteiger charge is -2.15. The molecule has 2 rings (SSSR count). The number of aromatic nitrogens is 4. The van der Waals surface area contributed by atoms with E-state index < -0.39 is 0 Å². The quantitative estimate of drug-likeness (QED) is 0.762. The van der Waals surface area contributed by atoms with E-state index in [9.17, 15) is 0 Å². The third kappa shape index (κ3) is 3.15. The van der Waals surface area contributed by atoms with E-state index in [0.717, 1.165) is 5.56 Å². The average molecular weight is 279 g/mol. The van der Waals surface area contributed by atoms with Gasteiger partial charge >= 0.3 is 0 Å². The van der Waals surface area contributed by atoms with E-state index in [0.29, 0.717) is 36.2 Å². The third-order valence-electron chi connectivity index (χ3n) is 2.79. The van der Waals surface area contributed by atoms with Crippen molar-refractivity contribution >= 4 is 0 Å². The van der Waals surface area contributed by atoms with Crippen LogP contribution in [-0.4, -0.2) is 42.0 Å². The number of H-pyrrole nitrogens is 1. The fraction of sp³-hybridized carbons (Fsp3) is 0.417. The molecule has 2 N–H and O–H groups in total. The van der Waals surface area contributed by atoms with Gasteiger partial charge in [0.1, 0.15) is 17.2 Å². The fourth-order valence-corrected chi connectivity index (χ4v) is 1.81. The van der Waals surface area contributed by atoms with Crippen molar-refractivity contribution in [3.63, 3.8) is 0 Å². The topological polar surface area (TPSA) is 94.2 Å². The first-order chi connectivity index (χ1) is 9.78. The lowest BCUT2D eigenvalue weighted by atomic mass is 10.1. The molecule has 108 valence electrons. The number of nitrogens with one attached hydrogen (secondary N) is 2. The number of tetrazole rings is 1. The lowest BCUT2D eigenvalue weighted by Crippen LogP contribution is -2.15. The van der Waals surface area contributed by atoms with Crippen LogP contribution in [0.15, 0.2) is 12.1 Å². The standard InChI is InChI=1S/C12H17N5O3/c1-18-8-4-10(19-2)9(11(5-8)20-3)6-13-7-12-14-16-17-15-12/h4-5,13H,6-7H2,1-3H3,(H,14,15,16,17). The van der Waals surface area contributed by atoms with E-state index in [2.05, 4.69) is 25.9 Å². The fourth-order valence-electron chi connectivity index (χ4n) is 1.81. The van der Waals surface area contributed by atoms with E-state index in [1.54, 1.807) is 21.3 Å². The number of rotatable bonds is 7. The number of aromatic amines is 1. The molecule has 1 heterocycles. The first kappa shape index (κ1) is 14.1. The number of hydrogen-bond donors (Lipinski definition) is 2. The Bertz CT molecular complexity index is 519. The highest BCUT2D eigenvalue weighted by Crippen LogP contribution is 2.33. The van der Waals surface area contributed by atoms with Crippen LogP contribution in [0.1, 0.15) is 11.4 Å². The summed E-state index contributed by atoms with van der Waals surface area (Å²) in [6.07, 6.45) is 0. The number of hydrogen-bond acceptors (Lipinski definition) is 7. The van der Waals surface area contributed by atoms with Crippen LogP contribution in [0.5, 0.6) is 17.2 Å². The predicted octanol–water partition coefficient (Wildman–Crippen LogP) is 0.515. The van der Waals surface area contributed by atoms with Crippen molar-refractivity contribution in [2.75, 3.05) is 21.3 Å². The minimum absolute atomic E-state index is 0.495. The summed E-state index contributed by atoms with van der Waals surface area (Å²) in [5, 5.41) is 16.8. The Balaban J connectivity index is 2.12. The van der Waals surface area contributed by atoms with Crippen LogP contribution < -0.4 is 19.5 Å². The average Bonchev–Trinajstić information content (AvgIpc) is 3.00. The monoisotopic (exact) mass is 279 g/mol. The second kappa shape index (κ2) is 6.71. The molecule has 1 aromatic heterocycles. The molecule has 0 atom stereocenters. The largest absolute Gasteiger partial charge is 0.496 e. The molecule has 0 aliphatic heterocycles. The lowest BCUT2D eigenvalue weighted by molar-refractivity contribution is 0.366. The smallest absolute Gasteiger partial charge is 0.188 e. The zero-order valence-corrected chi connectivity index (χ0v) is 11.6. The van der Waals surface area contributed by atoms with Gasteiger partial charge in [0.05, 0.1) is 33.4 Å². The first-order valence-corrected chi connectivity index (χ1v) is 6.00. The van der Waals surface area contributed by atoms with Crippen molar-refractivity contribution in [2.24, 2.45) is 0 Å². The molecule has 20 heavy (non-hydrogen) atoms. The molecule has 0 amide bonds. The highest BCUT2D eigenvalue weighted by molar-refractivity contribution is 5.50. The van der Waals surface area contributed by atoms with Gasteiger partial charge in [0.15, 0.2) is 5.82 Å².